The molecular formula is C7H13NOS. The van der Waals surface area contributed by atoms with Crippen LogP contribution in [0.1, 0.15) is 13.3 Å². The molecule has 1 unspecified atom stereocenters. The molecule has 0 bridgehead atoms. The molecule has 0 spiro atoms. The van der Waals surface area contributed by atoms with Crippen LogP contribution in [0.15, 0.2) is 11.6 Å². The summed E-state index contributed by atoms with van der Waals surface area (Å²) in [6, 6.07) is 0. The van der Waals surface area contributed by atoms with Gasteiger partial charge in [0.05, 0.1) is 6.54 Å². The fraction of sp³-hybridized carbons (Fsp3) is 0.714. The second kappa shape index (κ2) is 3.42. The molecule has 0 radical (unpaired) electrons. The third-order valence-electron chi connectivity index (χ3n) is 1.76. The Morgan fingerprint density at radius 1 is 1.70 bits per heavy atom. The van der Waals surface area contributed by atoms with Gasteiger partial charge >= 0.3 is 0 Å². The van der Waals surface area contributed by atoms with Crippen molar-refractivity contribution in [1.29, 1.82) is 0 Å². The molecule has 3 heteroatoms. The van der Waals surface area contributed by atoms with E-state index < -0.39 is 11.4 Å². The summed E-state index contributed by atoms with van der Waals surface area (Å²) in [6.07, 6.45) is 4.94. The topological polar surface area (TPSA) is 26.3 Å². The summed E-state index contributed by atoms with van der Waals surface area (Å²) in [7, 11) is 0. The zero-order chi connectivity index (χ0) is 7.56. The van der Waals surface area contributed by atoms with E-state index in [2.05, 4.69) is 13.0 Å². The highest BCUT2D eigenvalue weighted by molar-refractivity contribution is 7.88. The summed E-state index contributed by atoms with van der Waals surface area (Å²) in [5.41, 5.74) is 1.42. The van der Waals surface area contributed by atoms with Crippen molar-refractivity contribution >= 4 is 11.4 Å². The molecule has 1 atom stereocenters. The summed E-state index contributed by atoms with van der Waals surface area (Å²) >= 11 is -0.778. The monoisotopic (exact) mass is 159 g/mol. The van der Waals surface area contributed by atoms with Crippen molar-refractivity contribution in [1.82, 2.24) is 4.31 Å². The standard InChI is InChI=1S/C7H13NOS/c1-7-3-5-8(6-4-7)10(2)9/h3H,4-6H2,1-2H3. The molecule has 0 amide bonds. The van der Waals surface area contributed by atoms with Crippen LogP contribution in [0.4, 0.5) is 0 Å². The van der Waals surface area contributed by atoms with Crippen molar-refractivity contribution in [2.75, 3.05) is 19.3 Å². The highest BCUT2D eigenvalue weighted by atomic mass is 32.2. The van der Waals surface area contributed by atoms with Crippen LogP contribution in [0.5, 0.6) is 0 Å². The van der Waals surface area contributed by atoms with E-state index >= 15 is 0 Å². The summed E-state index contributed by atoms with van der Waals surface area (Å²) < 4.78 is 12.9. The molecule has 0 saturated heterocycles. The zero-order valence-corrected chi connectivity index (χ0v) is 7.28. The molecule has 1 aliphatic heterocycles. The van der Waals surface area contributed by atoms with Gasteiger partial charge in [-0.2, -0.15) is 0 Å². The third-order valence-corrected chi connectivity index (χ3v) is 2.82. The number of rotatable bonds is 1. The minimum absolute atomic E-state index is 0.778. The van der Waals surface area contributed by atoms with E-state index in [0.29, 0.717) is 0 Å². The van der Waals surface area contributed by atoms with Crippen molar-refractivity contribution < 1.29 is 4.55 Å². The number of hydrogen-bond acceptors (Lipinski definition) is 2. The van der Waals surface area contributed by atoms with Crippen LogP contribution >= 0.6 is 0 Å². The lowest BCUT2D eigenvalue weighted by molar-refractivity contribution is 0.435. The maximum atomic E-state index is 10.9. The van der Waals surface area contributed by atoms with Gasteiger partial charge in [0.15, 0.2) is 0 Å². The van der Waals surface area contributed by atoms with Crippen LogP contribution in [-0.4, -0.2) is 28.2 Å². The Labute approximate surface area is 65.2 Å². The van der Waals surface area contributed by atoms with Gasteiger partial charge in [0.25, 0.3) is 0 Å². The molecule has 0 saturated carbocycles. The van der Waals surface area contributed by atoms with Gasteiger partial charge in [-0.3, -0.25) is 0 Å². The van der Waals surface area contributed by atoms with Gasteiger partial charge in [-0.05, 0) is 13.3 Å². The second-order valence-electron chi connectivity index (χ2n) is 2.61. The molecule has 0 fully saturated rings. The molecule has 10 heavy (non-hydrogen) atoms. The molecule has 0 aromatic rings. The van der Waals surface area contributed by atoms with Gasteiger partial charge in [0, 0.05) is 17.9 Å². The van der Waals surface area contributed by atoms with Crippen molar-refractivity contribution in [3.8, 4) is 0 Å². The van der Waals surface area contributed by atoms with Crippen LogP contribution in [0.3, 0.4) is 0 Å². The largest absolute Gasteiger partial charge is 0.598 e. The maximum absolute atomic E-state index is 10.9. The Balaban J connectivity index is 2.42. The Kier molecular flexibility index (Phi) is 2.77. The van der Waals surface area contributed by atoms with Crippen LogP contribution in [0.2, 0.25) is 0 Å². The van der Waals surface area contributed by atoms with Crippen LogP contribution in [0.25, 0.3) is 0 Å². The molecule has 0 aliphatic carbocycles. The van der Waals surface area contributed by atoms with Crippen molar-refractivity contribution in [3.63, 3.8) is 0 Å². The highest BCUT2D eigenvalue weighted by Crippen LogP contribution is 2.11. The average molecular weight is 159 g/mol. The predicted molar refractivity (Wildman–Crippen MR) is 44.0 cm³/mol. The van der Waals surface area contributed by atoms with Crippen LogP contribution < -0.4 is 0 Å². The summed E-state index contributed by atoms with van der Waals surface area (Å²) in [6.45, 7) is 3.93. The van der Waals surface area contributed by atoms with Gasteiger partial charge in [-0.1, -0.05) is 11.6 Å². The maximum Gasteiger partial charge on any atom is 0.115 e. The van der Waals surface area contributed by atoms with E-state index in [-0.39, 0.29) is 0 Å². The summed E-state index contributed by atoms with van der Waals surface area (Å²) in [5, 5.41) is 0. The summed E-state index contributed by atoms with van der Waals surface area (Å²) in [5.74, 6) is 0. The molecule has 0 aromatic carbocycles. The van der Waals surface area contributed by atoms with Gasteiger partial charge in [-0.25, -0.2) is 0 Å². The van der Waals surface area contributed by atoms with Gasteiger partial charge < -0.3 is 4.55 Å². The number of hydrogen-bond donors (Lipinski definition) is 0. The predicted octanol–water partition coefficient (Wildman–Crippen LogP) is 0.932. The Hall–Kier alpha value is 0.01000. The zero-order valence-electron chi connectivity index (χ0n) is 6.46. The van der Waals surface area contributed by atoms with Crippen LogP contribution in [-0.2, 0) is 11.4 Å². The van der Waals surface area contributed by atoms with Crippen LogP contribution in [0, 0.1) is 0 Å². The first-order chi connectivity index (χ1) is 4.70. The molecule has 1 aliphatic rings. The van der Waals surface area contributed by atoms with Gasteiger partial charge in [0.1, 0.15) is 6.26 Å². The number of nitrogens with zero attached hydrogens (tertiary/aromatic N) is 1. The van der Waals surface area contributed by atoms with E-state index in [1.54, 1.807) is 6.26 Å². The highest BCUT2D eigenvalue weighted by Gasteiger charge is 2.15. The Morgan fingerprint density at radius 3 is 2.80 bits per heavy atom. The lowest BCUT2D eigenvalue weighted by Gasteiger charge is -2.23. The van der Waals surface area contributed by atoms with E-state index in [1.165, 1.54) is 5.57 Å². The van der Waals surface area contributed by atoms with Crippen molar-refractivity contribution in [2.24, 2.45) is 0 Å². The first-order valence-corrected chi connectivity index (χ1v) is 4.96. The van der Waals surface area contributed by atoms with Crippen molar-refractivity contribution in [2.45, 2.75) is 13.3 Å². The lowest BCUT2D eigenvalue weighted by atomic mass is 10.1. The fourth-order valence-corrected chi connectivity index (χ4v) is 1.62. The molecule has 1 heterocycles. The molecular weight excluding hydrogens is 146 g/mol. The summed E-state index contributed by atoms with van der Waals surface area (Å²) in [4.78, 5) is 0. The molecule has 1 rings (SSSR count). The Bertz CT molecular complexity index is 145. The molecule has 2 nitrogen and oxygen atoms in total. The van der Waals surface area contributed by atoms with E-state index in [0.717, 1.165) is 19.5 Å². The SMILES string of the molecule is CC1=CCN([S+](C)[O-])CC1. The second-order valence-corrected chi connectivity index (χ2v) is 3.98. The minimum Gasteiger partial charge on any atom is -0.598 e. The first-order valence-electron chi connectivity index (χ1n) is 3.44. The van der Waals surface area contributed by atoms with Gasteiger partial charge in [0.2, 0.25) is 0 Å². The van der Waals surface area contributed by atoms with Crippen molar-refractivity contribution in [3.05, 3.63) is 11.6 Å². The van der Waals surface area contributed by atoms with E-state index in [4.69, 9.17) is 0 Å². The average Bonchev–Trinajstić information content (AvgIpc) is 1.88. The normalized spacial score (nSPS) is 24.1. The fourth-order valence-electron chi connectivity index (χ4n) is 0.986. The van der Waals surface area contributed by atoms with E-state index in [9.17, 15) is 4.55 Å². The molecule has 0 N–H and O–H groups in total. The molecule has 58 valence electrons. The smallest absolute Gasteiger partial charge is 0.115 e. The molecule has 0 aromatic heterocycles. The first kappa shape index (κ1) is 8.11. The minimum atomic E-state index is -0.778. The third kappa shape index (κ3) is 2.01. The van der Waals surface area contributed by atoms with E-state index in [1.807, 2.05) is 4.31 Å². The quantitative estimate of drug-likeness (QED) is 0.420. The Morgan fingerprint density at radius 2 is 2.40 bits per heavy atom. The van der Waals surface area contributed by atoms with Gasteiger partial charge in [-0.15, -0.1) is 4.31 Å². The lowest BCUT2D eigenvalue weighted by Crippen LogP contribution is -2.33.